The monoisotopic (exact) mass is 264 g/mol. The van der Waals surface area contributed by atoms with Gasteiger partial charge in [-0.15, -0.1) is 0 Å². The largest absolute Gasteiger partial charge is 1.00 e. The molecule has 0 aromatic rings. The predicted molar refractivity (Wildman–Crippen MR) is 33.8 cm³/mol. The van der Waals surface area contributed by atoms with Gasteiger partial charge in [-0.1, -0.05) is 0 Å². The normalized spacial score (nSPS) is 7.13. The number of primary amides is 2. The SMILES string of the molecule is NC(N)=O.O=C([O-])O.O=P([O-])(O)O.[Na+].[Na+]. The van der Waals surface area contributed by atoms with E-state index in [1.165, 1.54) is 0 Å². The Labute approximate surface area is 128 Å². The molecule has 0 aromatic carbocycles. The Morgan fingerprint density at radius 3 is 1.13 bits per heavy atom. The molecule has 13 heteroatoms. The second-order valence-corrected chi connectivity index (χ2v) is 2.14. The van der Waals surface area contributed by atoms with Gasteiger partial charge in [0.05, 0.1) is 0 Å². The molecule has 0 heterocycles. The average Bonchev–Trinajstić information content (AvgIpc) is 1.50. The fourth-order valence-electron chi connectivity index (χ4n) is 0. The molecule has 0 radical (unpaired) electrons. The van der Waals surface area contributed by atoms with Crippen molar-refractivity contribution in [3.63, 3.8) is 0 Å². The number of carbonyl (C=O) groups is 2. The van der Waals surface area contributed by atoms with E-state index >= 15 is 0 Å². The summed E-state index contributed by atoms with van der Waals surface area (Å²) in [6.07, 6.45) is -2.08. The molecule has 0 bridgehead atoms. The molecule has 0 saturated carbocycles. The van der Waals surface area contributed by atoms with Crippen LogP contribution in [0.4, 0.5) is 9.59 Å². The molecule has 0 rings (SSSR count). The molecule has 0 unspecified atom stereocenters. The van der Waals surface area contributed by atoms with Gasteiger partial charge in [-0.2, -0.15) is 0 Å². The molecular formula is C2H7N2Na2O8P. The van der Waals surface area contributed by atoms with Crippen molar-refractivity contribution in [2.75, 3.05) is 0 Å². The van der Waals surface area contributed by atoms with Gasteiger partial charge in [0.25, 0.3) is 7.82 Å². The maximum atomic E-state index is 9.00. The van der Waals surface area contributed by atoms with E-state index < -0.39 is 20.0 Å². The fourth-order valence-corrected chi connectivity index (χ4v) is 0. The van der Waals surface area contributed by atoms with Crippen LogP contribution in [0.5, 0.6) is 0 Å². The Morgan fingerprint density at radius 1 is 1.13 bits per heavy atom. The van der Waals surface area contributed by atoms with E-state index in [0.717, 1.165) is 0 Å². The molecule has 2 amide bonds. The van der Waals surface area contributed by atoms with Crippen LogP contribution in [0.2, 0.25) is 0 Å². The van der Waals surface area contributed by atoms with Gasteiger partial charge in [-0.25, -0.2) is 4.79 Å². The van der Waals surface area contributed by atoms with Crippen LogP contribution in [0.3, 0.4) is 0 Å². The molecule has 0 aliphatic rings. The van der Waals surface area contributed by atoms with E-state index in [2.05, 4.69) is 11.5 Å². The van der Waals surface area contributed by atoms with Crippen molar-refractivity contribution in [2.45, 2.75) is 0 Å². The molecular weight excluding hydrogens is 257 g/mol. The first-order valence-corrected chi connectivity index (χ1v) is 3.71. The first kappa shape index (κ1) is 29.6. The van der Waals surface area contributed by atoms with Crippen LogP contribution < -0.4 is 80.6 Å². The molecule has 0 spiro atoms. The number of rotatable bonds is 0. The number of urea groups is 1. The number of amides is 2. The van der Waals surface area contributed by atoms with Crippen molar-refractivity contribution in [2.24, 2.45) is 11.5 Å². The summed E-state index contributed by atoms with van der Waals surface area (Å²) in [5.74, 6) is 0. The Bertz CT molecular complexity index is 177. The summed E-state index contributed by atoms with van der Waals surface area (Å²) in [7, 11) is -4.89. The summed E-state index contributed by atoms with van der Waals surface area (Å²) in [6.45, 7) is 0. The number of phosphoric acid groups is 1. The van der Waals surface area contributed by atoms with Crippen LogP contribution in [0.25, 0.3) is 0 Å². The summed E-state index contributed by atoms with van der Waals surface area (Å²) in [5, 5.41) is 15.3. The minimum Gasteiger partial charge on any atom is -0.756 e. The van der Waals surface area contributed by atoms with Crippen molar-refractivity contribution in [1.29, 1.82) is 0 Å². The first-order chi connectivity index (χ1) is 5.46. The van der Waals surface area contributed by atoms with Crippen molar-refractivity contribution in [3.05, 3.63) is 0 Å². The van der Waals surface area contributed by atoms with Gasteiger partial charge in [-0.05, 0) is 0 Å². The fraction of sp³-hybridized carbons (Fsp3) is 0. The second kappa shape index (κ2) is 17.1. The van der Waals surface area contributed by atoms with Crippen LogP contribution in [0.1, 0.15) is 0 Å². The standard InChI is InChI=1S/CH4N2O.CH2O3.2Na.H3O4P/c2*2-1(3)4;;;1-5(2,3)4/h(H4,2,3,4);(H2,2,3,4);;;(H3,1,2,3,4)/q;;2*+1;/p-2. The van der Waals surface area contributed by atoms with Gasteiger partial charge in [0.2, 0.25) is 6.16 Å². The Balaban J connectivity index is -0.0000000315. The van der Waals surface area contributed by atoms with E-state index in [-0.39, 0.29) is 59.1 Å². The van der Waals surface area contributed by atoms with Gasteiger partial charge in [-0.3, -0.25) is 4.57 Å². The number of carbonyl (C=O) groups excluding carboxylic acids is 1. The van der Waals surface area contributed by atoms with E-state index in [1.54, 1.807) is 0 Å². The van der Waals surface area contributed by atoms with E-state index in [4.69, 9.17) is 39.0 Å². The number of nitrogens with two attached hydrogens (primary N) is 2. The maximum absolute atomic E-state index is 9.00. The van der Waals surface area contributed by atoms with Crippen LogP contribution >= 0.6 is 7.82 Å². The molecule has 10 nitrogen and oxygen atoms in total. The number of carboxylic acid groups (broad SMARTS) is 2. The minimum absolute atomic E-state index is 0. The summed E-state index contributed by atoms with van der Waals surface area (Å²) in [6, 6.07) is -0.833. The molecule has 7 N–H and O–H groups in total. The van der Waals surface area contributed by atoms with E-state index in [0.29, 0.717) is 0 Å². The third-order valence-corrected chi connectivity index (χ3v) is 0. The maximum Gasteiger partial charge on any atom is 1.00 e. The number of hydrogen-bond acceptors (Lipinski definition) is 5. The topological polar surface area (TPSA) is 210 Å². The Kier molecular flexibility index (Phi) is 33.7. The molecule has 15 heavy (non-hydrogen) atoms. The zero-order valence-corrected chi connectivity index (χ0v) is 12.9. The third-order valence-electron chi connectivity index (χ3n) is 0. The van der Waals surface area contributed by atoms with Crippen molar-refractivity contribution >= 4 is 20.0 Å². The quantitative estimate of drug-likeness (QED) is 0.209. The Hall–Kier alpha value is 0.650. The summed E-state index contributed by atoms with van der Waals surface area (Å²) >= 11 is 0. The zero-order chi connectivity index (χ0) is 11.7. The molecule has 0 aliphatic heterocycles. The Morgan fingerprint density at radius 2 is 1.13 bits per heavy atom. The molecule has 0 aromatic heterocycles. The van der Waals surface area contributed by atoms with Gasteiger partial charge >= 0.3 is 65.1 Å². The third kappa shape index (κ3) is 5550. The molecule has 80 valence electrons. The van der Waals surface area contributed by atoms with Crippen molar-refractivity contribution in [1.82, 2.24) is 0 Å². The zero-order valence-electron chi connectivity index (χ0n) is 7.98. The van der Waals surface area contributed by atoms with Crippen molar-refractivity contribution < 1.29 is 98.2 Å². The first-order valence-electron chi connectivity index (χ1n) is 2.18. The van der Waals surface area contributed by atoms with Crippen molar-refractivity contribution in [3.8, 4) is 0 Å². The second-order valence-electron chi connectivity index (χ2n) is 1.16. The summed E-state index contributed by atoms with van der Waals surface area (Å²) in [4.78, 5) is 40.4. The van der Waals surface area contributed by atoms with E-state index in [1.807, 2.05) is 0 Å². The van der Waals surface area contributed by atoms with Crippen LogP contribution in [-0.4, -0.2) is 27.1 Å². The minimum atomic E-state index is -4.89. The molecule has 0 atom stereocenters. The molecule has 0 aliphatic carbocycles. The number of hydrogen-bond donors (Lipinski definition) is 5. The van der Waals surface area contributed by atoms with Crippen LogP contribution in [0, 0.1) is 0 Å². The van der Waals surface area contributed by atoms with Crippen LogP contribution in [0.15, 0.2) is 0 Å². The average molecular weight is 264 g/mol. The summed E-state index contributed by atoms with van der Waals surface area (Å²) in [5.41, 5.74) is 8.50. The van der Waals surface area contributed by atoms with Crippen LogP contribution in [-0.2, 0) is 4.57 Å². The van der Waals surface area contributed by atoms with Gasteiger partial charge in [0, 0.05) is 0 Å². The van der Waals surface area contributed by atoms with Gasteiger partial charge < -0.3 is 41.2 Å². The smallest absolute Gasteiger partial charge is 0.756 e. The molecule has 0 saturated heterocycles. The molecule has 0 fully saturated rings. The predicted octanol–water partition coefficient (Wildman–Crippen LogP) is -9.64. The van der Waals surface area contributed by atoms with Gasteiger partial charge in [0.1, 0.15) is 0 Å². The van der Waals surface area contributed by atoms with E-state index in [9.17, 15) is 0 Å². The van der Waals surface area contributed by atoms with Gasteiger partial charge in [0.15, 0.2) is 0 Å². The summed E-state index contributed by atoms with van der Waals surface area (Å²) < 4.78 is 8.77.